The number of amides is 1. The Kier molecular flexibility index (Phi) is 5.03. The highest BCUT2D eigenvalue weighted by Crippen LogP contribution is 2.37. The summed E-state index contributed by atoms with van der Waals surface area (Å²) in [7, 11) is 0. The molecule has 2 atom stereocenters. The molecule has 3 aromatic rings. The summed E-state index contributed by atoms with van der Waals surface area (Å²) < 4.78 is 1.82. The summed E-state index contributed by atoms with van der Waals surface area (Å²) in [6.07, 6.45) is 0. The molecule has 8 heteroatoms. The fraction of sp³-hybridized carbons (Fsp3) is 0.250. The number of halogens is 1. The molecule has 0 spiro atoms. The Morgan fingerprint density at radius 1 is 1.11 bits per heavy atom. The molecular weight excluding hydrogens is 394 g/mol. The van der Waals surface area contributed by atoms with Crippen molar-refractivity contribution in [2.24, 2.45) is 0 Å². The minimum Gasteiger partial charge on any atom is -0.325 e. The normalized spacial score (nSPS) is 18.3. The van der Waals surface area contributed by atoms with Crippen molar-refractivity contribution in [2.75, 3.05) is 10.7 Å². The summed E-state index contributed by atoms with van der Waals surface area (Å²) in [6, 6.07) is 13.2. The molecule has 4 rings (SSSR count). The summed E-state index contributed by atoms with van der Waals surface area (Å²) in [5.41, 5.74) is 7.46. The Morgan fingerprint density at radius 2 is 1.86 bits per heavy atom. The van der Waals surface area contributed by atoms with E-state index in [1.54, 1.807) is 0 Å². The molecule has 1 aliphatic heterocycles. The Hall–Kier alpha value is -2.51. The minimum atomic E-state index is -0.418. The van der Waals surface area contributed by atoms with Crippen LogP contribution < -0.4 is 10.7 Å². The zero-order valence-corrected chi connectivity index (χ0v) is 17.3. The zero-order valence-electron chi connectivity index (χ0n) is 15.7. The van der Waals surface area contributed by atoms with Gasteiger partial charge in [0, 0.05) is 10.7 Å². The van der Waals surface area contributed by atoms with Crippen molar-refractivity contribution < 1.29 is 4.79 Å². The SMILES string of the molecule is Cc1ccc(NC(=O)C2Sc3nnc(C)n3NC2c2ccc(Cl)cc2)cc1C. The van der Waals surface area contributed by atoms with Gasteiger partial charge in [0.2, 0.25) is 11.1 Å². The highest BCUT2D eigenvalue weighted by Gasteiger charge is 2.37. The van der Waals surface area contributed by atoms with Crippen LogP contribution in [0.5, 0.6) is 0 Å². The van der Waals surface area contributed by atoms with Gasteiger partial charge in [-0.3, -0.25) is 4.79 Å². The third-order valence-electron chi connectivity index (χ3n) is 4.86. The van der Waals surface area contributed by atoms with Gasteiger partial charge in [-0.25, -0.2) is 4.68 Å². The molecule has 2 aromatic carbocycles. The highest BCUT2D eigenvalue weighted by molar-refractivity contribution is 8.00. The van der Waals surface area contributed by atoms with Gasteiger partial charge < -0.3 is 10.7 Å². The predicted molar refractivity (Wildman–Crippen MR) is 113 cm³/mol. The maximum Gasteiger partial charge on any atom is 0.240 e. The van der Waals surface area contributed by atoms with Gasteiger partial charge in [-0.2, -0.15) is 0 Å². The van der Waals surface area contributed by atoms with Gasteiger partial charge in [-0.05, 0) is 61.7 Å². The van der Waals surface area contributed by atoms with E-state index in [0.717, 1.165) is 22.6 Å². The standard InChI is InChI=1S/C20H20ClN5OS/c1-11-4-9-16(10-12(11)2)22-19(27)18-17(14-5-7-15(21)8-6-14)25-26-13(3)23-24-20(26)28-18/h4-10,17-18,25H,1-3H3,(H,22,27). The number of carbonyl (C=O) groups is 1. The van der Waals surface area contributed by atoms with Crippen molar-refractivity contribution in [1.29, 1.82) is 0 Å². The second-order valence-electron chi connectivity index (χ2n) is 6.85. The lowest BCUT2D eigenvalue weighted by Gasteiger charge is -2.32. The van der Waals surface area contributed by atoms with E-state index in [1.807, 2.05) is 67.9 Å². The number of aryl methyl sites for hydroxylation is 3. The highest BCUT2D eigenvalue weighted by atomic mass is 35.5. The summed E-state index contributed by atoms with van der Waals surface area (Å²) in [5, 5.41) is 12.2. The number of aromatic nitrogens is 3. The number of rotatable bonds is 3. The van der Waals surface area contributed by atoms with Crippen molar-refractivity contribution in [3.05, 3.63) is 70.0 Å². The van der Waals surface area contributed by atoms with E-state index < -0.39 is 5.25 Å². The molecule has 0 saturated carbocycles. The quantitative estimate of drug-likeness (QED) is 0.671. The van der Waals surface area contributed by atoms with E-state index in [9.17, 15) is 4.79 Å². The molecule has 144 valence electrons. The molecule has 1 aromatic heterocycles. The summed E-state index contributed by atoms with van der Waals surface area (Å²) >= 11 is 7.44. The molecule has 2 heterocycles. The average molecular weight is 414 g/mol. The maximum atomic E-state index is 13.2. The first-order valence-electron chi connectivity index (χ1n) is 8.91. The van der Waals surface area contributed by atoms with E-state index in [4.69, 9.17) is 11.6 Å². The number of hydrogen-bond acceptors (Lipinski definition) is 5. The predicted octanol–water partition coefficient (Wildman–Crippen LogP) is 4.25. The number of hydrogen-bond donors (Lipinski definition) is 2. The fourth-order valence-electron chi connectivity index (χ4n) is 3.11. The molecule has 28 heavy (non-hydrogen) atoms. The lowest BCUT2D eigenvalue weighted by Crippen LogP contribution is -2.41. The van der Waals surface area contributed by atoms with E-state index in [2.05, 4.69) is 20.9 Å². The third kappa shape index (κ3) is 3.59. The van der Waals surface area contributed by atoms with Crippen LogP contribution >= 0.6 is 23.4 Å². The van der Waals surface area contributed by atoms with Gasteiger partial charge in [-0.15, -0.1) is 10.2 Å². The molecular formula is C20H20ClN5OS. The fourth-order valence-corrected chi connectivity index (χ4v) is 4.36. The number of benzene rings is 2. The summed E-state index contributed by atoms with van der Waals surface area (Å²) in [4.78, 5) is 13.2. The van der Waals surface area contributed by atoms with Gasteiger partial charge in [0.1, 0.15) is 11.1 Å². The first kappa shape index (κ1) is 18.8. The Labute approximate surface area is 172 Å². The average Bonchev–Trinajstić information content (AvgIpc) is 3.04. The molecule has 1 amide bonds. The number of thioether (sulfide) groups is 1. The van der Waals surface area contributed by atoms with Crippen molar-refractivity contribution >= 4 is 35.0 Å². The molecule has 1 aliphatic rings. The topological polar surface area (TPSA) is 71.8 Å². The van der Waals surface area contributed by atoms with Gasteiger partial charge in [0.05, 0.1) is 6.04 Å². The zero-order chi connectivity index (χ0) is 19.8. The van der Waals surface area contributed by atoms with Gasteiger partial charge in [0.15, 0.2) is 0 Å². The van der Waals surface area contributed by atoms with Crippen molar-refractivity contribution in [3.8, 4) is 0 Å². The van der Waals surface area contributed by atoms with E-state index in [-0.39, 0.29) is 11.9 Å². The largest absolute Gasteiger partial charge is 0.325 e. The van der Waals surface area contributed by atoms with E-state index >= 15 is 0 Å². The van der Waals surface area contributed by atoms with E-state index in [1.165, 1.54) is 17.3 Å². The lowest BCUT2D eigenvalue weighted by atomic mass is 10.0. The van der Waals surface area contributed by atoms with Crippen LogP contribution in [-0.2, 0) is 4.79 Å². The third-order valence-corrected chi connectivity index (χ3v) is 6.33. The van der Waals surface area contributed by atoms with Crippen LogP contribution in [0.1, 0.15) is 28.6 Å². The van der Waals surface area contributed by atoms with Gasteiger partial charge in [-0.1, -0.05) is 41.6 Å². The van der Waals surface area contributed by atoms with Gasteiger partial charge >= 0.3 is 0 Å². The molecule has 0 bridgehead atoms. The first-order valence-corrected chi connectivity index (χ1v) is 10.2. The second kappa shape index (κ2) is 7.48. The van der Waals surface area contributed by atoms with Crippen LogP contribution in [0.3, 0.4) is 0 Å². The Morgan fingerprint density at radius 3 is 2.57 bits per heavy atom. The van der Waals surface area contributed by atoms with Gasteiger partial charge in [0.25, 0.3) is 0 Å². The maximum absolute atomic E-state index is 13.2. The second-order valence-corrected chi connectivity index (χ2v) is 8.40. The molecule has 0 saturated heterocycles. The molecule has 0 fully saturated rings. The van der Waals surface area contributed by atoms with Crippen molar-refractivity contribution in [2.45, 2.75) is 37.2 Å². The minimum absolute atomic E-state index is 0.0902. The Bertz CT molecular complexity index is 1030. The van der Waals surface area contributed by atoms with Crippen LogP contribution in [0.2, 0.25) is 5.02 Å². The molecule has 6 nitrogen and oxygen atoms in total. The van der Waals surface area contributed by atoms with Crippen LogP contribution in [0.25, 0.3) is 0 Å². The smallest absolute Gasteiger partial charge is 0.240 e. The summed E-state index contributed by atoms with van der Waals surface area (Å²) in [5.74, 6) is 0.655. The van der Waals surface area contributed by atoms with Crippen LogP contribution in [0, 0.1) is 20.8 Å². The number of fused-ring (bicyclic) bond motifs is 1. The molecule has 0 radical (unpaired) electrons. The van der Waals surface area contributed by atoms with Crippen LogP contribution in [-0.4, -0.2) is 26.0 Å². The molecule has 2 unspecified atom stereocenters. The number of anilines is 1. The molecule has 2 N–H and O–H groups in total. The first-order chi connectivity index (χ1) is 13.4. The van der Waals surface area contributed by atoms with Crippen LogP contribution in [0.4, 0.5) is 5.69 Å². The summed E-state index contributed by atoms with van der Waals surface area (Å²) in [6.45, 7) is 5.95. The Balaban J connectivity index is 1.65. The van der Waals surface area contributed by atoms with Crippen molar-refractivity contribution in [3.63, 3.8) is 0 Å². The van der Waals surface area contributed by atoms with E-state index in [0.29, 0.717) is 10.2 Å². The number of carbonyl (C=O) groups excluding carboxylic acids is 1. The lowest BCUT2D eigenvalue weighted by molar-refractivity contribution is -0.116. The van der Waals surface area contributed by atoms with Crippen LogP contribution in [0.15, 0.2) is 47.6 Å². The molecule has 0 aliphatic carbocycles. The number of nitrogens with one attached hydrogen (secondary N) is 2. The van der Waals surface area contributed by atoms with Crippen molar-refractivity contribution in [1.82, 2.24) is 14.9 Å². The monoisotopic (exact) mass is 413 g/mol. The number of nitrogens with zero attached hydrogens (tertiary/aromatic N) is 3.